The highest BCUT2D eigenvalue weighted by Crippen LogP contribution is 2.35. The molecule has 0 aromatic heterocycles. The topological polar surface area (TPSA) is 21.6 Å². The van der Waals surface area contributed by atoms with Gasteiger partial charge in [-0.15, -0.1) is 12.0 Å². The van der Waals surface area contributed by atoms with Crippen LogP contribution < -0.4 is 4.74 Å². The Labute approximate surface area is 129 Å². The van der Waals surface area contributed by atoms with E-state index in [1.165, 1.54) is 0 Å². The summed E-state index contributed by atoms with van der Waals surface area (Å²) in [6.45, 7) is 11.2. The average molecular weight is 297 g/mol. The molecule has 3 heteroatoms. The molecule has 0 unspecified atom stereocenters. The first-order valence-corrected chi connectivity index (χ1v) is 9.92. The second kappa shape index (κ2) is 6.65. The summed E-state index contributed by atoms with van der Waals surface area (Å²) in [5, 5.41) is 0.208. The molecular weight excluding hydrogens is 274 g/mol. The van der Waals surface area contributed by atoms with Crippen LogP contribution >= 0.6 is 0 Å². The highest BCUT2D eigenvalue weighted by atomic mass is 28.3. The maximum atomic E-state index is 5.52. The number of ether oxygens (including phenoxy) is 1. The first-order chi connectivity index (χ1) is 9.69. The molecule has 0 saturated heterocycles. The molecule has 0 atom stereocenters. The maximum absolute atomic E-state index is 5.52. The Kier molecular flexibility index (Phi) is 5.41. The Morgan fingerprint density at radius 3 is 2.19 bits per heavy atom. The largest absolute Gasteiger partial charge is 0.497 e. The van der Waals surface area contributed by atoms with E-state index in [0.717, 1.165) is 11.4 Å². The second-order valence-electron chi connectivity index (χ2n) is 6.43. The summed E-state index contributed by atoms with van der Waals surface area (Å²) in [4.78, 5) is 4.41. The van der Waals surface area contributed by atoms with Gasteiger partial charge >= 0.3 is 0 Å². The van der Waals surface area contributed by atoms with E-state index in [0.29, 0.717) is 5.71 Å². The zero-order chi connectivity index (χ0) is 16.1. The van der Waals surface area contributed by atoms with Crippen LogP contribution in [0.2, 0.25) is 18.1 Å². The molecule has 0 aliphatic carbocycles. The van der Waals surface area contributed by atoms with Gasteiger partial charge in [0.15, 0.2) is 5.71 Å². The van der Waals surface area contributed by atoms with Gasteiger partial charge in [0, 0.05) is 0 Å². The quantitative estimate of drug-likeness (QED) is 0.449. The average Bonchev–Trinajstić information content (AvgIpc) is 2.43. The highest BCUT2D eigenvalue weighted by molar-refractivity contribution is 6.87. The van der Waals surface area contributed by atoms with E-state index in [-0.39, 0.29) is 5.04 Å². The predicted octanol–water partition coefficient (Wildman–Crippen LogP) is 4.45. The summed E-state index contributed by atoms with van der Waals surface area (Å²) in [6.07, 6.45) is 5.52. The van der Waals surface area contributed by atoms with Gasteiger partial charge in [-0.2, -0.15) is 0 Å². The predicted molar refractivity (Wildman–Crippen MR) is 93.9 cm³/mol. The van der Waals surface area contributed by atoms with E-state index in [2.05, 4.69) is 56.2 Å². The van der Waals surface area contributed by atoms with Crippen molar-refractivity contribution in [3.05, 3.63) is 24.3 Å². The molecule has 1 aromatic rings. The molecule has 1 rings (SSSR count). The lowest BCUT2D eigenvalue weighted by Crippen LogP contribution is -2.35. The summed E-state index contributed by atoms with van der Waals surface area (Å²) in [6, 6.07) is 7.44. The molecule has 0 spiro atoms. The van der Waals surface area contributed by atoms with E-state index < -0.39 is 8.07 Å². The normalized spacial score (nSPS) is 12.1. The van der Waals surface area contributed by atoms with Gasteiger partial charge in [-0.3, -0.25) is 0 Å². The summed E-state index contributed by atoms with van der Waals surface area (Å²) in [5.41, 5.74) is 4.65. The number of methoxy groups -OCH3 is 1. The molecule has 0 fully saturated rings. The van der Waals surface area contributed by atoms with Gasteiger partial charge in [-0.05, 0) is 41.1 Å². The van der Waals surface area contributed by atoms with E-state index in [1.807, 2.05) is 24.3 Å². The van der Waals surface area contributed by atoms with Crippen LogP contribution in [0.5, 0.6) is 5.75 Å². The summed E-state index contributed by atoms with van der Waals surface area (Å²) < 4.78 is 5.12. The number of benzene rings is 1. The van der Waals surface area contributed by atoms with Gasteiger partial charge in [-0.1, -0.05) is 33.9 Å². The van der Waals surface area contributed by atoms with Crippen LogP contribution in [0.25, 0.3) is 0 Å². The molecule has 110 valence electrons. The number of aliphatic imine (C=N–C) groups is 1. The molecule has 0 heterocycles. The summed E-state index contributed by atoms with van der Waals surface area (Å²) >= 11 is 0. The highest BCUT2D eigenvalue weighted by Gasteiger charge is 2.33. The lowest BCUT2D eigenvalue weighted by Gasteiger charge is -2.31. The molecule has 21 heavy (non-hydrogen) atoms. The fraction of sp³-hybridized carbons (Fsp3) is 0.389. The Bertz CT molecular complexity index is 616. The SMILES string of the molecule is C#CC(C#C[Si](C)(C)C(C)(C)C)=Nc1ccc(OC)cc1. The van der Waals surface area contributed by atoms with Gasteiger partial charge in [0.1, 0.15) is 13.8 Å². The lowest BCUT2D eigenvalue weighted by molar-refractivity contribution is 0.415. The molecule has 0 amide bonds. The van der Waals surface area contributed by atoms with Crippen molar-refractivity contribution in [3.63, 3.8) is 0 Å². The van der Waals surface area contributed by atoms with Crippen LogP contribution in [0.3, 0.4) is 0 Å². The van der Waals surface area contributed by atoms with Gasteiger partial charge in [0.25, 0.3) is 0 Å². The number of nitrogens with zero attached hydrogens (tertiary/aromatic N) is 1. The number of terminal acetylenes is 1. The van der Waals surface area contributed by atoms with Crippen LogP contribution in [0.15, 0.2) is 29.3 Å². The molecule has 0 saturated carbocycles. The first-order valence-electron chi connectivity index (χ1n) is 6.92. The summed E-state index contributed by atoms with van der Waals surface area (Å²) in [5.74, 6) is 6.45. The van der Waals surface area contributed by atoms with Crippen LogP contribution in [-0.2, 0) is 0 Å². The molecule has 0 aliphatic heterocycles. The van der Waals surface area contributed by atoms with Crippen LogP contribution in [0.4, 0.5) is 5.69 Å². The Balaban J connectivity index is 3.05. The minimum atomic E-state index is -1.67. The molecule has 0 N–H and O–H groups in total. The summed E-state index contributed by atoms with van der Waals surface area (Å²) in [7, 11) is -0.0386. The molecule has 2 nitrogen and oxygen atoms in total. The zero-order valence-corrected chi connectivity index (χ0v) is 14.7. The third-order valence-electron chi connectivity index (χ3n) is 3.82. The third-order valence-corrected chi connectivity index (χ3v) is 8.32. The van der Waals surface area contributed by atoms with Gasteiger partial charge in [0.05, 0.1) is 12.8 Å². The maximum Gasteiger partial charge on any atom is 0.163 e. The van der Waals surface area contributed by atoms with E-state index >= 15 is 0 Å². The Morgan fingerprint density at radius 1 is 1.19 bits per heavy atom. The lowest BCUT2D eigenvalue weighted by atomic mass is 10.2. The van der Waals surface area contributed by atoms with Gasteiger partial charge in [-0.25, -0.2) is 4.99 Å². The molecule has 0 aliphatic rings. The van der Waals surface area contributed by atoms with Crippen molar-refractivity contribution < 1.29 is 4.74 Å². The van der Waals surface area contributed by atoms with E-state index in [1.54, 1.807) is 7.11 Å². The minimum Gasteiger partial charge on any atom is -0.497 e. The smallest absolute Gasteiger partial charge is 0.163 e. The van der Waals surface area contributed by atoms with Crippen molar-refractivity contribution in [2.24, 2.45) is 4.99 Å². The minimum absolute atomic E-state index is 0.208. The fourth-order valence-corrected chi connectivity index (χ4v) is 2.09. The number of hydrogen-bond donors (Lipinski definition) is 0. The third kappa shape index (κ3) is 4.81. The Hall–Kier alpha value is -1.97. The van der Waals surface area contributed by atoms with Crippen molar-refractivity contribution in [2.45, 2.75) is 38.9 Å². The van der Waals surface area contributed by atoms with Crippen molar-refractivity contribution in [1.29, 1.82) is 0 Å². The molecule has 0 radical (unpaired) electrons. The molecule has 0 bridgehead atoms. The van der Waals surface area contributed by atoms with Crippen molar-refractivity contribution >= 4 is 19.5 Å². The number of hydrogen-bond acceptors (Lipinski definition) is 2. The Morgan fingerprint density at radius 2 is 1.76 bits per heavy atom. The van der Waals surface area contributed by atoms with Crippen molar-refractivity contribution in [1.82, 2.24) is 0 Å². The van der Waals surface area contributed by atoms with E-state index in [9.17, 15) is 0 Å². The fourth-order valence-electron chi connectivity index (χ4n) is 1.29. The zero-order valence-electron chi connectivity index (χ0n) is 13.7. The van der Waals surface area contributed by atoms with Crippen LogP contribution in [0, 0.1) is 23.8 Å². The van der Waals surface area contributed by atoms with Gasteiger partial charge in [0.2, 0.25) is 0 Å². The second-order valence-corrected chi connectivity index (χ2v) is 11.4. The van der Waals surface area contributed by atoms with Crippen molar-refractivity contribution in [2.75, 3.05) is 7.11 Å². The standard InChI is InChI=1S/C18H23NOSi/c1-8-15(13-14-21(6,7)18(2,3)4)19-16-9-11-17(20-5)12-10-16/h1,9-12H,2-7H3. The number of rotatable bonds is 2. The first kappa shape index (κ1) is 17.1. The van der Waals surface area contributed by atoms with E-state index in [4.69, 9.17) is 11.2 Å². The molecule has 1 aromatic carbocycles. The van der Waals surface area contributed by atoms with Crippen LogP contribution in [-0.4, -0.2) is 20.9 Å². The molecular formula is C18H23NOSi. The van der Waals surface area contributed by atoms with Crippen molar-refractivity contribution in [3.8, 4) is 29.6 Å². The van der Waals surface area contributed by atoms with Crippen LogP contribution in [0.1, 0.15) is 20.8 Å². The monoisotopic (exact) mass is 297 g/mol. The van der Waals surface area contributed by atoms with Gasteiger partial charge < -0.3 is 4.74 Å².